The molecule has 2 aromatic heterocycles. The average Bonchev–Trinajstić information content (AvgIpc) is 3.67. The molecule has 1 aliphatic carbocycles. The van der Waals surface area contributed by atoms with Crippen molar-refractivity contribution in [2.75, 3.05) is 0 Å². The van der Waals surface area contributed by atoms with Gasteiger partial charge in [-0.3, -0.25) is 0 Å². The standard InChI is InChI=1S/C53H39N3O/c1-34-31-43(29-30-45(34)38-13-6-3-7-14-38)36-21-23-37(24-22-36)44-32-35(2)50-47(33-44)49-46(19-12-20-48(49)57-50)39-25-27-42(28-26-39)53-55-51(40-15-8-4-9-16-40)54-52(56-53)41-17-10-5-11-18-41/h3-31,33,35H,32H2,1-2H3/p+1. The van der Waals surface area contributed by atoms with Crippen molar-refractivity contribution in [3.05, 3.63) is 198 Å². The quantitative estimate of drug-likeness (QED) is 0.153. The summed E-state index contributed by atoms with van der Waals surface area (Å²) in [6.45, 7) is 4.51. The highest BCUT2D eigenvalue weighted by Gasteiger charge is 2.31. The minimum atomic E-state index is 0.303. The SMILES string of the molecule is Cc1cc(-c2ccc(C3=Cc4c([oH+]c5cccc(-c6ccc(-c7nc(-c8ccccc8)nc(-c8ccccc8)n7)cc6)c45)C(C)C3)cc2)ccc1-c1ccccc1. The third-order valence-corrected chi connectivity index (χ3v) is 11.2. The monoisotopic (exact) mass is 734 g/mol. The second kappa shape index (κ2) is 14.5. The summed E-state index contributed by atoms with van der Waals surface area (Å²) in [7, 11) is 0. The van der Waals surface area contributed by atoms with E-state index in [-0.39, 0.29) is 0 Å². The number of rotatable bonds is 7. The first-order chi connectivity index (χ1) is 28.1. The fourth-order valence-corrected chi connectivity index (χ4v) is 8.26. The number of aryl methyl sites for hydroxylation is 1. The van der Waals surface area contributed by atoms with E-state index in [1.54, 1.807) is 0 Å². The average molecular weight is 735 g/mol. The second-order valence-corrected chi connectivity index (χ2v) is 15.0. The molecule has 4 nitrogen and oxygen atoms in total. The summed E-state index contributed by atoms with van der Waals surface area (Å²) in [6.07, 6.45) is 3.34. The highest BCUT2D eigenvalue weighted by Crippen LogP contribution is 2.46. The molecule has 2 heterocycles. The maximum atomic E-state index is 5.21. The molecule has 1 N–H and O–H groups in total. The maximum Gasteiger partial charge on any atom is 0.269 e. The van der Waals surface area contributed by atoms with E-state index in [1.807, 2.05) is 60.7 Å². The van der Waals surface area contributed by atoms with Crippen LogP contribution in [0.2, 0.25) is 0 Å². The van der Waals surface area contributed by atoms with Gasteiger partial charge >= 0.3 is 0 Å². The van der Waals surface area contributed by atoms with Crippen LogP contribution >= 0.6 is 0 Å². The van der Waals surface area contributed by atoms with Crippen molar-refractivity contribution in [3.8, 4) is 67.5 Å². The van der Waals surface area contributed by atoms with Crippen molar-refractivity contribution in [1.29, 1.82) is 0 Å². The van der Waals surface area contributed by atoms with Gasteiger partial charge in [0.25, 0.3) is 5.58 Å². The molecule has 0 aliphatic heterocycles. The van der Waals surface area contributed by atoms with Crippen LogP contribution in [0, 0.1) is 6.92 Å². The Kier molecular flexibility index (Phi) is 8.72. The first-order valence-electron chi connectivity index (χ1n) is 19.6. The van der Waals surface area contributed by atoms with E-state index in [4.69, 9.17) is 19.4 Å². The van der Waals surface area contributed by atoms with E-state index in [0.29, 0.717) is 23.4 Å². The molecule has 0 bridgehead atoms. The highest BCUT2D eigenvalue weighted by molar-refractivity contribution is 6.04. The minimum Gasteiger partial charge on any atom is -0.548 e. The molecular formula is C53H40N3O+. The Bertz CT molecular complexity index is 2850. The highest BCUT2D eigenvalue weighted by atomic mass is 16.3. The lowest BCUT2D eigenvalue weighted by Gasteiger charge is -2.17. The molecule has 0 spiro atoms. The molecule has 57 heavy (non-hydrogen) atoms. The predicted octanol–water partition coefficient (Wildman–Crippen LogP) is 14.1. The van der Waals surface area contributed by atoms with Crippen molar-refractivity contribution >= 4 is 22.6 Å². The van der Waals surface area contributed by atoms with Crippen LogP contribution in [-0.2, 0) is 0 Å². The van der Waals surface area contributed by atoms with Crippen LogP contribution in [0.5, 0.6) is 0 Å². The fraction of sp³-hybridized carbons (Fsp3) is 0.0755. The van der Waals surface area contributed by atoms with Gasteiger partial charge in [0.1, 0.15) is 0 Å². The summed E-state index contributed by atoms with van der Waals surface area (Å²) >= 11 is 0. The molecule has 4 heteroatoms. The van der Waals surface area contributed by atoms with Gasteiger partial charge in [0.15, 0.2) is 17.5 Å². The summed E-state index contributed by atoms with van der Waals surface area (Å²) in [5.74, 6) is 3.43. The van der Waals surface area contributed by atoms with Crippen LogP contribution in [0.15, 0.2) is 180 Å². The third kappa shape index (κ3) is 6.55. The lowest BCUT2D eigenvalue weighted by atomic mass is 9.84. The van der Waals surface area contributed by atoms with Crippen molar-refractivity contribution in [2.24, 2.45) is 0 Å². The third-order valence-electron chi connectivity index (χ3n) is 11.2. The van der Waals surface area contributed by atoms with E-state index in [9.17, 15) is 0 Å². The molecule has 0 radical (unpaired) electrons. The van der Waals surface area contributed by atoms with Crippen LogP contribution in [0.4, 0.5) is 0 Å². The largest absolute Gasteiger partial charge is 0.548 e. The van der Waals surface area contributed by atoms with Gasteiger partial charge in [-0.25, -0.2) is 15.0 Å². The number of benzene rings is 7. The number of fused-ring (bicyclic) bond motifs is 3. The van der Waals surface area contributed by atoms with Gasteiger partial charge in [0.2, 0.25) is 5.76 Å². The summed E-state index contributed by atoms with van der Waals surface area (Å²) in [4.78, 5) is 14.8. The van der Waals surface area contributed by atoms with Gasteiger partial charge in [-0.15, -0.1) is 0 Å². The first kappa shape index (κ1) is 34.3. The van der Waals surface area contributed by atoms with Crippen LogP contribution in [-0.4, -0.2) is 15.0 Å². The van der Waals surface area contributed by atoms with E-state index >= 15 is 0 Å². The second-order valence-electron chi connectivity index (χ2n) is 15.0. The molecule has 10 rings (SSSR count). The predicted molar refractivity (Wildman–Crippen MR) is 235 cm³/mol. The summed E-state index contributed by atoms with van der Waals surface area (Å²) in [5.41, 5.74) is 16.3. The molecule has 7 aromatic carbocycles. The molecular weight excluding hydrogens is 695 g/mol. The number of allylic oxidation sites excluding steroid dienone is 1. The fourth-order valence-electron chi connectivity index (χ4n) is 8.26. The summed E-state index contributed by atoms with van der Waals surface area (Å²) < 4.78 is 5.21. The molecule has 0 saturated carbocycles. The minimum absolute atomic E-state index is 0.303. The molecule has 0 amide bonds. The van der Waals surface area contributed by atoms with E-state index in [2.05, 4.69) is 135 Å². The van der Waals surface area contributed by atoms with Crippen LogP contribution in [0.25, 0.3) is 90.2 Å². The van der Waals surface area contributed by atoms with Gasteiger partial charge in [-0.1, -0.05) is 170 Å². The van der Waals surface area contributed by atoms with E-state index < -0.39 is 0 Å². The number of aromatic nitrogens is 3. The van der Waals surface area contributed by atoms with Crippen molar-refractivity contribution in [2.45, 2.75) is 26.2 Å². The zero-order valence-electron chi connectivity index (χ0n) is 31.9. The van der Waals surface area contributed by atoms with Gasteiger partial charge in [0.05, 0.1) is 16.9 Å². The Morgan fingerprint density at radius 3 is 1.54 bits per heavy atom. The molecule has 0 saturated heterocycles. The molecule has 0 fully saturated rings. The molecule has 272 valence electrons. The number of furan rings is 1. The van der Waals surface area contributed by atoms with Gasteiger partial charge in [-0.2, -0.15) is 0 Å². The Balaban J connectivity index is 0.979. The molecule has 9 aromatic rings. The number of hydrogen-bond donors (Lipinski definition) is 0. The molecule has 1 unspecified atom stereocenters. The van der Waals surface area contributed by atoms with Crippen molar-refractivity contribution in [3.63, 3.8) is 0 Å². The van der Waals surface area contributed by atoms with E-state index in [0.717, 1.165) is 34.3 Å². The Hall–Kier alpha value is -7.17. The van der Waals surface area contributed by atoms with Crippen LogP contribution < -0.4 is 0 Å². The number of hydrogen-bond acceptors (Lipinski definition) is 3. The Morgan fingerprint density at radius 2 is 0.947 bits per heavy atom. The number of nitrogens with zero attached hydrogens (tertiary/aromatic N) is 3. The van der Waals surface area contributed by atoms with Crippen molar-refractivity contribution in [1.82, 2.24) is 15.0 Å². The Morgan fingerprint density at radius 1 is 0.456 bits per heavy atom. The van der Waals surface area contributed by atoms with Gasteiger partial charge in [0, 0.05) is 22.8 Å². The first-order valence-corrected chi connectivity index (χ1v) is 19.6. The molecule has 1 aliphatic rings. The zero-order chi connectivity index (χ0) is 38.3. The normalized spacial score (nSPS) is 13.6. The van der Waals surface area contributed by atoms with E-state index in [1.165, 1.54) is 61.2 Å². The molecule has 1 atom stereocenters. The van der Waals surface area contributed by atoms with Gasteiger partial charge in [-0.05, 0) is 76.4 Å². The van der Waals surface area contributed by atoms with Crippen LogP contribution in [0.1, 0.15) is 41.7 Å². The lowest BCUT2D eigenvalue weighted by molar-refractivity contribution is 0.506. The summed E-state index contributed by atoms with van der Waals surface area (Å²) in [5, 5.41) is 1.20. The zero-order valence-corrected chi connectivity index (χ0v) is 31.9. The topological polar surface area (TPSA) is 51.5 Å². The Labute approximate surface area is 332 Å². The summed E-state index contributed by atoms with van der Waals surface area (Å²) in [6, 6.07) is 61.8. The smallest absolute Gasteiger partial charge is 0.269 e. The van der Waals surface area contributed by atoms with Crippen LogP contribution in [0.3, 0.4) is 0 Å². The van der Waals surface area contributed by atoms with Crippen molar-refractivity contribution < 1.29 is 4.42 Å². The maximum absolute atomic E-state index is 5.21. The lowest BCUT2D eigenvalue weighted by Crippen LogP contribution is -2.02. The van der Waals surface area contributed by atoms with Gasteiger partial charge < -0.3 is 4.42 Å².